The molecule has 2 aliphatic heterocycles. The van der Waals surface area contributed by atoms with E-state index in [0.29, 0.717) is 6.10 Å². The van der Waals surface area contributed by atoms with E-state index in [1.807, 2.05) is 18.8 Å². The molecule has 1 unspecified atom stereocenters. The van der Waals surface area contributed by atoms with Crippen LogP contribution in [0.25, 0.3) is 0 Å². The van der Waals surface area contributed by atoms with Crippen molar-refractivity contribution >= 4 is 17.7 Å². The van der Waals surface area contributed by atoms with Crippen LogP contribution in [-0.4, -0.2) is 76.2 Å². The maximum atomic E-state index is 5.68. The maximum absolute atomic E-state index is 5.68. The lowest BCUT2D eigenvalue weighted by molar-refractivity contribution is 0.0168. The van der Waals surface area contributed by atoms with Crippen LogP contribution >= 0.6 is 11.8 Å². The lowest BCUT2D eigenvalue weighted by atomic mass is 9.99. The highest BCUT2D eigenvalue weighted by Gasteiger charge is 2.31. The minimum Gasteiger partial charge on any atom is -0.381 e. The van der Waals surface area contributed by atoms with Gasteiger partial charge < -0.3 is 24.8 Å². The molecule has 2 aliphatic rings. The minimum absolute atomic E-state index is 0.264. The van der Waals surface area contributed by atoms with Crippen LogP contribution in [-0.2, 0) is 14.2 Å². The van der Waals surface area contributed by atoms with Gasteiger partial charge in [0.2, 0.25) is 0 Å². The van der Waals surface area contributed by atoms with Gasteiger partial charge in [-0.05, 0) is 38.4 Å². The van der Waals surface area contributed by atoms with Crippen molar-refractivity contribution in [3.8, 4) is 0 Å². The Bertz CT molecular complexity index is 370. The predicted octanol–water partition coefficient (Wildman–Crippen LogP) is 1.65. The highest BCUT2D eigenvalue weighted by molar-refractivity contribution is 8.00. The van der Waals surface area contributed by atoms with Crippen molar-refractivity contribution in [2.45, 2.75) is 43.0 Å². The van der Waals surface area contributed by atoms with Crippen molar-refractivity contribution in [3.05, 3.63) is 0 Å². The molecule has 0 saturated carbocycles. The number of nitrogens with one attached hydrogen (secondary N) is 2. The zero-order valence-electron chi connectivity index (χ0n) is 15.1. The third kappa shape index (κ3) is 6.78. The average molecular weight is 360 g/mol. The predicted molar refractivity (Wildman–Crippen MR) is 100 cm³/mol. The molecule has 6 nitrogen and oxygen atoms in total. The molecule has 0 aromatic carbocycles. The Morgan fingerprint density at radius 3 is 2.79 bits per heavy atom. The van der Waals surface area contributed by atoms with E-state index in [1.165, 1.54) is 6.42 Å². The van der Waals surface area contributed by atoms with Crippen LogP contribution in [0.1, 0.15) is 32.1 Å². The zero-order valence-corrected chi connectivity index (χ0v) is 16.0. The first kappa shape index (κ1) is 19.8. The summed E-state index contributed by atoms with van der Waals surface area (Å²) in [4.78, 5) is 4.31. The quantitative estimate of drug-likeness (QED) is 0.371. The van der Waals surface area contributed by atoms with Crippen LogP contribution in [0.3, 0.4) is 0 Å². The average Bonchev–Trinajstić information content (AvgIpc) is 3.14. The molecule has 140 valence electrons. The van der Waals surface area contributed by atoms with Gasteiger partial charge in [0.1, 0.15) is 0 Å². The first-order chi connectivity index (χ1) is 11.8. The van der Waals surface area contributed by atoms with Crippen molar-refractivity contribution in [1.82, 2.24) is 10.6 Å². The second-order valence-electron chi connectivity index (χ2n) is 6.42. The molecule has 2 rings (SSSR count). The molecule has 24 heavy (non-hydrogen) atoms. The van der Waals surface area contributed by atoms with E-state index in [2.05, 4.69) is 21.9 Å². The lowest BCUT2D eigenvalue weighted by Crippen LogP contribution is -2.48. The molecular formula is C17H33N3O3S. The monoisotopic (exact) mass is 359 g/mol. The zero-order chi connectivity index (χ0) is 17.1. The molecule has 0 aromatic rings. The van der Waals surface area contributed by atoms with E-state index >= 15 is 0 Å². The maximum Gasteiger partial charge on any atom is 0.191 e. The first-order valence-corrected chi connectivity index (χ1v) is 10.3. The van der Waals surface area contributed by atoms with Gasteiger partial charge in [0.15, 0.2) is 5.96 Å². The number of hydrogen-bond acceptors (Lipinski definition) is 5. The summed E-state index contributed by atoms with van der Waals surface area (Å²) in [7, 11) is 1.82. The summed E-state index contributed by atoms with van der Waals surface area (Å²) in [5.41, 5.74) is 0. The first-order valence-electron chi connectivity index (χ1n) is 9.05. The molecule has 2 saturated heterocycles. The van der Waals surface area contributed by atoms with E-state index in [-0.39, 0.29) is 4.75 Å². The van der Waals surface area contributed by atoms with E-state index in [0.717, 1.165) is 77.8 Å². The van der Waals surface area contributed by atoms with Gasteiger partial charge in [-0.2, -0.15) is 11.8 Å². The van der Waals surface area contributed by atoms with E-state index < -0.39 is 0 Å². The minimum atomic E-state index is 0.264. The van der Waals surface area contributed by atoms with Crippen molar-refractivity contribution in [3.63, 3.8) is 0 Å². The Kier molecular flexibility index (Phi) is 9.23. The molecule has 0 radical (unpaired) electrons. The topological polar surface area (TPSA) is 64.1 Å². The Morgan fingerprint density at radius 1 is 1.29 bits per heavy atom. The molecule has 0 bridgehead atoms. The lowest BCUT2D eigenvalue weighted by Gasteiger charge is -2.36. The van der Waals surface area contributed by atoms with Gasteiger partial charge in [0.05, 0.1) is 12.7 Å². The second kappa shape index (κ2) is 11.2. The fraction of sp³-hybridized carbons (Fsp3) is 0.941. The molecule has 0 aliphatic carbocycles. The smallest absolute Gasteiger partial charge is 0.191 e. The number of ether oxygens (including phenoxy) is 3. The Balaban J connectivity index is 1.54. The van der Waals surface area contributed by atoms with Crippen molar-refractivity contribution < 1.29 is 14.2 Å². The normalized spacial score (nSPS) is 24.1. The summed E-state index contributed by atoms with van der Waals surface area (Å²) in [6.45, 7) is 5.88. The number of guanidine groups is 1. The fourth-order valence-corrected chi connectivity index (χ4v) is 3.82. The number of rotatable bonds is 9. The fourth-order valence-electron chi connectivity index (χ4n) is 3.03. The summed E-state index contributed by atoms with van der Waals surface area (Å²) in [5, 5.41) is 6.83. The largest absolute Gasteiger partial charge is 0.381 e. The third-order valence-electron chi connectivity index (χ3n) is 4.72. The second-order valence-corrected chi connectivity index (χ2v) is 7.69. The van der Waals surface area contributed by atoms with E-state index in [1.54, 1.807) is 0 Å². The van der Waals surface area contributed by atoms with Gasteiger partial charge >= 0.3 is 0 Å². The standard InChI is InChI=1S/C17H33N3O3S/c1-18-16(20-14-17(24-2)6-11-21-12-7-17)19-8-4-9-22-13-15-5-3-10-23-15/h15H,3-14H2,1-2H3,(H2,18,19,20). The molecular weight excluding hydrogens is 326 g/mol. The number of aliphatic imine (C=N–C) groups is 1. The Hall–Kier alpha value is -0.500. The highest BCUT2D eigenvalue weighted by atomic mass is 32.2. The third-order valence-corrected chi connectivity index (χ3v) is 6.14. The Labute approximate surface area is 150 Å². The summed E-state index contributed by atoms with van der Waals surface area (Å²) in [5.74, 6) is 0.869. The van der Waals surface area contributed by atoms with Gasteiger partial charge in [0, 0.05) is 51.3 Å². The molecule has 2 heterocycles. The summed E-state index contributed by atoms with van der Waals surface area (Å²) in [6.07, 6.45) is 7.96. The number of thioether (sulfide) groups is 1. The molecule has 2 fully saturated rings. The summed E-state index contributed by atoms with van der Waals surface area (Å²) in [6, 6.07) is 0. The number of hydrogen-bond donors (Lipinski definition) is 2. The van der Waals surface area contributed by atoms with Crippen LogP contribution < -0.4 is 10.6 Å². The molecule has 0 spiro atoms. The highest BCUT2D eigenvalue weighted by Crippen LogP contribution is 2.32. The van der Waals surface area contributed by atoms with Crippen molar-refractivity contribution in [2.75, 3.05) is 59.4 Å². The Morgan fingerprint density at radius 2 is 2.12 bits per heavy atom. The van der Waals surface area contributed by atoms with E-state index in [9.17, 15) is 0 Å². The molecule has 7 heteroatoms. The van der Waals surface area contributed by atoms with E-state index in [4.69, 9.17) is 14.2 Å². The van der Waals surface area contributed by atoms with Crippen LogP contribution in [0.2, 0.25) is 0 Å². The number of nitrogens with zero attached hydrogens (tertiary/aromatic N) is 1. The van der Waals surface area contributed by atoms with Crippen LogP contribution in [0.15, 0.2) is 4.99 Å². The molecule has 0 amide bonds. The van der Waals surface area contributed by atoms with Crippen LogP contribution in [0, 0.1) is 0 Å². The van der Waals surface area contributed by atoms with Gasteiger partial charge in [0.25, 0.3) is 0 Å². The van der Waals surface area contributed by atoms with Crippen LogP contribution in [0.5, 0.6) is 0 Å². The van der Waals surface area contributed by atoms with Gasteiger partial charge in [-0.15, -0.1) is 0 Å². The summed E-state index contributed by atoms with van der Waals surface area (Å²) < 4.78 is 17.0. The van der Waals surface area contributed by atoms with Crippen molar-refractivity contribution in [1.29, 1.82) is 0 Å². The SMILES string of the molecule is CN=C(NCCCOCC1CCCO1)NCC1(SC)CCOCC1. The summed E-state index contributed by atoms with van der Waals surface area (Å²) >= 11 is 1.94. The van der Waals surface area contributed by atoms with Gasteiger partial charge in [-0.25, -0.2) is 0 Å². The van der Waals surface area contributed by atoms with Gasteiger partial charge in [-0.3, -0.25) is 4.99 Å². The molecule has 0 aromatic heterocycles. The molecule has 2 N–H and O–H groups in total. The van der Waals surface area contributed by atoms with Crippen LogP contribution in [0.4, 0.5) is 0 Å². The molecule has 1 atom stereocenters. The van der Waals surface area contributed by atoms with Gasteiger partial charge in [-0.1, -0.05) is 0 Å². The van der Waals surface area contributed by atoms with Crippen molar-refractivity contribution in [2.24, 2.45) is 4.99 Å².